The Hall–Kier alpha value is -3.39. The summed E-state index contributed by atoms with van der Waals surface area (Å²) in [6.45, 7) is 7.25. The highest BCUT2D eigenvalue weighted by atomic mass is 16.5. The monoisotopic (exact) mass is 459 g/mol. The van der Waals surface area contributed by atoms with Gasteiger partial charge in [0.05, 0.1) is 11.9 Å². The van der Waals surface area contributed by atoms with E-state index in [9.17, 15) is 0 Å². The van der Waals surface area contributed by atoms with E-state index in [-0.39, 0.29) is 0 Å². The molecule has 1 aliphatic heterocycles. The van der Waals surface area contributed by atoms with E-state index in [0.717, 1.165) is 54.5 Å². The zero-order chi connectivity index (χ0) is 23.2. The Morgan fingerprint density at radius 1 is 1.00 bits per heavy atom. The molecule has 0 aliphatic carbocycles. The summed E-state index contributed by atoms with van der Waals surface area (Å²) in [6.07, 6.45) is 10.2. The first-order valence-corrected chi connectivity index (χ1v) is 12.4. The van der Waals surface area contributed by atoms with Crippen molar-refractivity contribution in [2.45, 2.75) is 45.6 Å². The van der Waals surface area contributed by atoms with Gasteiger partial charge in [0.25, 0.3) is 0 Å². The molecular weight excluding hydrogens is 426 g/mol. The molecule has 178 valence electrons. The summed E-state index contributed by atoms with van der Waals surface area (Å²) < 4.78 is 9.78. The molecule has 1 N–H and O–H groups in total. The van der Waals surface area contributed by atoms with Gasteiger partial charge >= 0.3 is 0 Å². The first-order valence-electron chi connectivity index (χ1n) is 12.4. The lowest BCUT2D eigenvalue weighted by molar-refractivity contribution is 0.238. The van der Waals surface area contributed by atoms with Crippen LogP contribution in [0, 0.1) is 0 Å². The van der Waals surface area contributed by atoms with E-state index in [4.69, 9.17) is 9.84 Å². The Morgan fingerprint density at radius 2 is 1.85 bits per heavy atom. The summed E-state index contributed by atoms with van der Waals surface area (Å²) in [7, 11) is 0. The maximum Gasteiger partial charge on any atom is 0.247 e. The first kappa shape index (κ1) is 22.4. The number of ether oxygens (including phenoxy) is 1. The van der Waals surface area contributed by atoms with Crippen molar-refractivity contribution in [3.05, 3.63) is 54.9 Å². The molecule has 5 rings (SSSR count). The lowest BCUT2D eigenvalue weighted by Gasteiger charge is -2.15. The standard InChI is InChI=1S/C26H33N7O/c1-2-3-4-16-32-20-21(19-27-32)24-8-7-9-25-29-26(30-33(24)25)28-22-10-12-23(13-11-22)34-18-17-31-14-5-6-15-31/h7-13,19-20H,2-6,14-18H2,1H3,(H,28,30). The summed E-state index contributed by atoms with van der Waals surface area (Å²) in [4.78, 5) is 7.11. The second-order valence-corrected chi connectivity index (χ2v) is 8.86. The molecule has 0 saturated carbocycles. The van der Waals surface area contributed by atoms with Crippen LogP contribution in [0.3, 0.4) is 0 Å². The Kier molecular flexibility index (Phi) is 7.05. The molecule has 0 amide bonds. The number of hydrogen-bond acceptors (Lipinski definition) is 6. The van der Waals surface area contributed by atoms with Crippen LogP contribution in [-0.2, 0) is 6.54 Å². The van der Waals surface area contributed by atoms with Gasteiger partial charge in [-0.05, 0) is 68.8 Å². The van der Waals surface area contributed by atoms with Gasteiger partial charge in [0, 0.05) is 30.5 Å². The summed E-state index contributed by atoms with van der Waals surface area (Å²) in [5.41, 5.74) is 3.73. The number of unbranched alkanes of at least 4 members (excludes halogenated alkanes) is 2. The highest BCUT2D eigenvalue weighted by molar-refractivity contribution is 5.63. The molecule has 1 aromatic carbocycles. The molecule has 0 unspecified atom stereocenters. The Labute approximate surface area is 200 Å². The molecule has 0 radical (unpaired) electrons. The lowest BCUT2D eigenvalue weighted by atomic mass is 10.2. The van der Waals surface area contributed by atoms with E-state index < -0.39 is 0 Å². The van der Waals surface area contributed by atoms with Crippen LogP contribution in [0.5, 0.6) is 5.75 Å². The van der Waals surface area contributed by atoms with Crippen LogP contribution in [0.15, 0.2) is 54.9 Å². The van der Waals surface area contributed by atoms with E-state index in [1.807, 2.05) is 57.9 Å². The minimum atomic E-state index is 0.561. The first-order chi connectivity index (χ1) is 16.8. The SMILES string of the molecule is CCCCCn1cc(-c2cccc3nc(Nc4ccc(OCCN5CCCC5)cc4)nn23)cn1. The number of hydrogen-bond donors (Lipinski definition) is 1. The van der Waals surface area contributed by atoms with E-state index in [2.05, 4.69) is 33.4 Å². The highest BCUT2D eigenvalue weighted by Crippen LogP contribution is 2.23. The van der Waals surface area contributed by atoms with Crippen LogP contribution in [0.2, 0.25) is 0 Å². The van der Waals surface area contributed by atoms with Crippen LogP contribution in [0.25, 0.3) is 16.9 Å². The average Bonchev–Trinajstić information content (AvgIpc) is 3.61. The minimum Gasteiger partial charge on any atom is -0.492 e. The molecule has 4 heterocycles. The maximum atomic E-state index is 5.91. The van der Waals surface area contributed by atoms with Crippen LogP contribution in [0.4, 0.5) is 11.6 Å². The van der Waals surface area contributed by atoms with Gasteiger partial charge in [-0.25, -0.2) is 4.52 Å². The zero-order valence-electron chi connectivity index (χ0n) is 19.9. The largest absolute Gasteiger partial charge is 0.492 e. The number of fused-ring (bicyclic) bond motifs is 1. The van der Waals surface area contributed by atoms with Gasteiger partial charge in [-0.2, -0.15) is 10.1 Å². The highest BCUT2D eigenvalue weighted by Gasteiger charge is 2.12. The van der Waals surface area contributed by atoms with Crippen molar-refractivity contribution in [3.63, 3.8) is 0 Å². The number of benzene rings is 1. The summed E-state index contributed by atoms with van der Waals surface area (Å²) in [5.74, 6) is 1.44. The molecule has 34 heavy (non-hydrogen) atoms. The fourth-order valence-corrected chi connectivity index (χ4v) is 4.38. The van der Waals surface area contributed by atoms with Crippen molar-refractivity contribution in [2.75, 3.05) is 31.6 Å². The Morgan fingerprint density at radius 3 is 2.68 bits per heavy atom. The summed E-state index contributed by atoms with van der Waals surface area (Å²) >= 11 is 0. The molecule has 8 nitrogen and oxygen atoms in total. The third-order valence-electron chi connectivity index (χ3n) is 6.26. The molecule has 8 heteroatoms. The Balaban J connectivity index is 1.23. The van der Waals surface area contributed by atoms with E-state index in [1.165, 1.54) is 38.8 Å². The Bertz CT molecular complexity index is 1190. The van der Waals surface area contributed by atoms with E-state index in [0.29, 0.717) is 5.95 Å². The van der Waals surface area contributed by atoms with Gasteiger partial charge in [-0.15, -0.1) is 5.10 Å². The van der Waals surface area contributed by atoms with Crippen molar-refractivity contribution in [3.8, 4) is 17.0 Å². The van der Waals surface area contributed by atoms with Crippen molar-refractivity contribution < 1.29 is 4.74 Å². The number of anilines is 2. The summed E-state index contributed by atoms with van der Waals surface area (Å²) in [5, 5.41) is 12.5. The predicted octanol–water partition coefficient (Wildman–Crippen LogP) is 5.00. The molecule has 1 aliphatic rings. The zero-order valence-corrected chi connectivity index (χ0v) is 19.9. The second-order valence-electron chi connectivity index (χ2n) is 8.86. The molecular formula is C26H33N7O. The normalized spacial score (nSPS) is 14.1. The quantitative estimate of drug-likeness (QED) is 0.318. The van der Waals surface area contributed by atoms with E-state index in [1.54, 1.807) is 0 Å². The third kappa shape index (κ3) is 5.39. The number of pyridine rings is 1. The lowest BCUT2D eigenvalue weighted by Crippen LogP contribution is -2.25. The van der Waals surface area contributed by atoms with Crippen LogP contribution >= 0.6 is 0 Å². The second kappa shape index (κ2) is 10.7. The number of aryl methyl sites for hydroxylation is 1. The predicted molar refractivity (Wildman–Crippen MR) is 135 cm³/mol. The molecule has 3 aromatic heterocycles. The topological polar surface area (TPSA) is 72.5 Å². The molecule has 0 bridgehead atoms. The van der Waals surface area contributed by atoms with Gasteiger partial charge in [0.1, 0.15) is 12.4 Å². The minimum absolute atomic E-state index is 0.561. The molecule has 1 saturated heterocycles. The van der Waals surface area contributed by atoms with Crippen molar-refractivity contribution in [1.29, 1.82) is 0 Å². The number of rotatable bonds is 11. The van der Waals surface area contributed by atoms with Crippen molar-refractivity contribution >= 4 is 17.3 Å². The third-order valence-corrected chi connectivity index (χ3v) is 6.26. The fourth-order valence-electron chi connectivity index (χ4n) is 4.38. The number of aromatic nitrogens is 5. The molecule has 0 atom stereocenters. The van der Waals surface area contributed by atoms with Gasteiger partial charge in [-0.3, -0.25) is 9.58 Å². The van der Waals surface area contributed by atoms with Crippen molar-refractivity contribution in [1.82, 2.24) is 29.3 Å². The maximum absolute atomic E-state index is 5.91. The van der Waals surface area contributed by atoms with Gasteiger partial charge in [-0.1, -0.05) is 25.8 Å². The van der Waals surface area contributed by atoms with Crippen molar-refractivity contribution in [2.24, 2.45) is 0 Å². The van der Waals surface area contributed by atoms with Gasteiger partial charge in [0.2, 0.25) is 5.95 Å². The smallest absolute Gasteiger partial charge is 0.247 e. The van der Waals surface area contributed by atoms with Gasteiger partial charge < -0.3 is 10.1 Å². The van der Waals surface area contributed by atoms with Crippen LogP contribution in [0.1, 0.15) is 39.0 Å². The molecule has 0 spiro atoms. The molecule has 1 fully saturated rings. The number of nitrogens with one attached hydrogen (secondary N) is 1. The van der Waals surface area contributed by atoms with Crippen LogP contribution in [-0.4, -0.2) is 55.5 Å². The number of likely N-dealkylation sites (tertiary alicyclic amines) is 1. The van der Waals surface area contributed by atoms with Crippen LogP contribution < -0.4 is 10.1 Å². The van der Waals surface area contributed by atoms with Gasteiger partial charge in [0.15, 0.2) is 5.65 Å². The average molecular weight is 460 g/mol. The van der Waals surface area contributed by atoms with E-state index >= 15 is 0 Å². The number of nitrogens with zero attached hydrogens (tertiary/aromatic N) is 6. The fraction of sp³-hybridized carbons (Fsp3) is 0.423. The summed E-state index contributed by atoms with van der Waals surface area (Å²) in [6, 6.07) is 14.0. The molecule has 4 aromatic rings.